The van der Waals surface area contributed by atoms with Gasteiger partial charge in [-0.25, -0.2) is 8.42 Å². The number of nitrogens with zero attached hydrogens (tertiary/aromatic N) is 2. The van der Waals surface area contributed by atoms with Gasteiger partial charge in [-0.15, -0.1) is 11.3 Å². The van der Waals surface area contributed by atoms with Gasteiger partial charge in [-0.2, -0.15) is 4.31 Å². The van der Waals surface area contributed by atoms with Crippen LogP contribution in [0.4, 0.5) is 0 Å². The summed E-state index contributed by atoms with van der Waals surface area (Å²) in [6.07, 6.45) is 2.89. The first-order valence-electron chi connectivity index (χ1n) is 9.37. The van der Waals surface area contributed by atoms with Crippen molar-refractivity contribution < 1.29 is 13.2 Å². The number of hydrogen-bond donors (Lipinski definition) is 1. The zero-order chi connectivity index (χ0) is 19.7. The fourth-order valence-electron chi connectivity index (χ4n) is 3.63. The van der Waals surface area contributed by atoms with E-state index in [0.29, 0.717) is 25.3 Å². The molecule has 4 rings (SSSR count). The highest BCUT2D eigenvalue weighted by atomic mass is 32.2. The van der Waals surface area contributed by atoms with Gasteiger partial charge in [0.1, 0.15) is 5.69 Å². The third kappa shape index (κ3) is 3.59. The maximum Gasteiger partial charge on any atom is 0.268 e. The number of aromatic nitrogens is 1. The summed E-state index contributed by atoms with van der Waals surface area (Å²) in [5, 5.41) is 5.65. The van der Waals surface area contributed by atoms with Crippen molar-refractivity contribution in [1.29, 1.82) is 0 Å². The number of rotatable bonds is 5. The Hall–Kier alpha value is -2.16. The Kier molecular flexibility index (Phi) is 5.27. The van der Waals surface area contributed by atoms with Gasteiger partial charge in [-0.05, 0) is 48.6 Å². The molecule has 0 aliphatic carbocycles. The number of thiophene rings is 1. The fraction of sp³-hybridized carbons (Fsp3) is 0.350. The molecule has 2 aromatic heterocycles. The average Bonchev–Trinajstić information content (AvgIpc) is 3.34. The van der Waals surface area contributed by atoms with E-state index >= 15 is 0 Å². The Bertz CT molecular complexity index is 1100. The lowest BCUT2D eigenvalue weighted by Crippen LogP contribution is -2.35. The van der Waals surface area contributed by atoms with Crippen molar-refractivity contribution in [3.05, 3.63) is 52.3 Å². The van der Waals surface area contributed by atoms with Gasteiger partial charge in [0.15, 0.2) is 0 Å². The van der Waals surface area contributed by atoms with E-state index in [0.717, 1.165) is 35.0 Å². The first kappa shape index (κ1) is 19.2. The SMILES string of the molecule is Cn1c(C(=O)NCc2cccs2)cc2cc(S(=O)(=O)N3CCCCC3)ccc21. The molecular formula is C20H23N3O3S2. The van der Waals surface area contributed by atoms with Crippen LogP contribution in [0.1, 0.15) is 34.6 Å². The lowest BCUT2D eigenvalue weighted by Gasteiger charge is -2.25. The molecule has 0 unspecified atom stereocenters. The molecule has 0 spiro atoms. The van der Waals surface area contributed by atoms with Crippen LogP contribution >= 0.6 is 11.3 Å². The summed E-state index contributed by atoms with van der Waals surface area (Å²) >= 11 is 1.59. The number of nitrogens with one attached hydrogen (secondary N) is 1. The number of carbonyl (C=O) groups is 1. The molecule has 0 saturated carbocycles. The van der Waals surface area contributed by atoms with Gasteiger partial charge in [0.2, 0.25) is 10.0 Å². The van der Waals surface area contributed by atoms with E-state index in [1.165, 1.54) is 0 Å². The van der Waals surface area contributed by atoms with Crippen LogP contribution in [0.3, 0.4) is 0 Å². The number of piperidine rings is 1. The highest BCUT2D eigenvalue weighted by Gasteiger charge is 2.26. The number of fused-ring (bicyclic) bond motifs is 1. The molecule has 28 heavy (non-hydrogen) atoms. The number of carbonyl (C=O) groups excluding carboxylic acids is 1. The van der Waals surface area contributed by atoms with E-state index in [1.807, 2.05) is 24.6 Å². The van der Waals surface area contributed by atoms with Crippen molar-refractivity contribution in [2.75, 3.05) is 13.1 Å². The minimum atomic E-state index is -3.49. The normalized spacial score (nSPS) is 15.8. The molecule has 0 radical (unpaired) electrons. The molecule has 0 atom stereocenters. The molecule has 1 saturated heterocycles. The van der Waals surface area contributed by atoms with E-state index in [-0.39, 0.29) is 10.8 Å². The Morgan fingerprint density at radius 1 is 1.14 bits per heavy atom. The zero-order valence-electron chi connectivity index (χ0n) is 15.7. The van der Waals surface area contributed by atoms with Gasteiger partial charge in [0, 0.05) is 35.9 Å². The standard InChI is InChI=1S/C20H23N3O3S2/c1-22-18-8-7-17(28(25,26)23-9-3-2-4-10-23)12-15(18)13-19(22)20(24)21-14-16-6-5-11-27-16/h5-8,11-13H,2-4,9-10,14H2,1H3,(H,21,24). The fourth-order valence-corrected chi connectivity index (χ4v) is 5.83. The second-order valence-corrected chi connectivity index (χ2v) is 10.0. The molecule has 1 aliphatic heterocycles. The van der Waals surface area contributed by atoms with Crippen molar-refractivity contribution in [3.63, 3.8) is 0 Å². The molecular weight excluding hydrogens is 394 g/mol. The van der Waals surface area contributed by atoms with E-state index in [4.69, 9.17) is 0 Å². The molecule has 8 heteroatoms. The summed E-state index contributed by atoms with van der Waals surface area (Å²) in [7, 11) is -1.67. The zero-order valence-corrected chi connectivity index (χ0v) is 17.4. The molecule has 1 aromatic carbocycles. The van der Waals surface area contributed by atoms with Crippen LogP contribution in [0.15, 0.2) is 46.7 Å². The van der Waals surface area contributed by atoms with E-state index in [2.05, 4.69) is 5.32 Å². The van der Waals surface area contributed by atoms with Crippen molar-refractivity contribution in [2.45, 2.75) is 30.7 Å². The molecule has 3 heterocycles. The summed E-state index contributed by atoms with van der Waals surface area (Å²) in [4.78, 5) is 14.0. The van der Waals surface area contributed by atoms with Gasteiger partial charge in [0.25, 0.3) is 5.91 Å². The third-order valence-electron chi connectivity index (χ3n) is 5.20. The minimum absolute atomic E-state index is 0.174. The second kappa shape index (κ2) is 7.69. The topological polar surface area (TPSA) is 71.4 Å². The third-order valence-corrected chi connectivity index (χ3v) is 7.97. The van der Waals surface area contributed by atoms with Crippen LogP contribution < -0.4 is 5.32 Å². The van der Waals surface area contributed by atoms with Crippen LogP contribution in [-0.4, -0.2) is 36.3 Å². The number of sulfonamides is 1. The first-order chi connectivity index (χ1) is 13.5. The number of amides is 1. The van der Waals surface area contributed by atoms with Gasteiger partial charge in [-0.3, -0.25) is 4.79 Å². The van der Waals surface area contributed by atoms with Gasteiger partial charge in [-0.1, -0.05) is 12.5 Å². The van der Waals surface area contributed by atoms with Crippen LogP contribution in [0.25, 0.3) is 10.9 Å². The molecule has 1 amide bonds. The molecule has 148 valence electrons. The van der Waals surface area contributed by atoms with Gasteiger partial charge in [0.05, 0.1) is 11.4 Å². The summed E-state index contributed by atoms with van der Waals surface area (Å²) < 4.78 is 29.2. The number of benzene rings is 1. The van der Waals surface area contributed by atoms with E-state index < -0.39 is 10.0 Å². The monoisotopic (exact) mass is 417 g/mol. The lowest BCUT2D eigenvalue weighted by atomic mass is 10.2. The van der Waals surface area contributed by atoms with Crippen molar-refractivity contribution in [3.8, 4) is 0 Å². The lowest BCUT2D eigenvalue weighted by molar-refractivity contribution is 0.0943. The Morgan fingerprint density at radius 2 is 1.93 bits per heavy atom. The molecule has 6 nitrogen and oxygen atoms in total. The molecule has 0 bridgehead atoms. The maximum atomic E-state index is 12.9. The Morgan fingerprint density at radius 3 is 2.64 bits per heavy atom. The average molecular weight is 418 g/mol. The van der Waals surface area contributed by atoms with E-state index in [1.54, 1.807) is 44.5 Å². The molecule has 1 N–H and O–H groups in total. The molecule has 1 aliphatic rings. The first-order valence-corrected chi connectivity index (χ1v) is 11.7. The van der Waals surface area contributed by atoms with Crippen molar-refractivity contribution >= 4 is 38.2 Å². The number of aryl methyl sites for hydroxylation is 1. The second-order valence-electron chi connectivity index (χ2n) is 7.04. The van der Waals surface area contributed by atoms with Gasteiger partial charge < -0.3 is 9.88 Å². The summed E-state index contributed by atoms with van der Waals surface area (Å²) in [6, 6.07) is 10.8. The van der Waals surface area contributed by atoms with Crippen LogP contribution in [-0.2, 0) is 23.6 Å². The quantitative estimate of drug-likeness (QED) is 0.692. The predicted molar refractivity (Wildman–Crippen MR) is 111 cm³/mol. The van der Waals surface area contributed by atoms with Crippen LogP contribution in [0.5, 0.6) is 0 Å². The maximum absolute atomic E-state index is 12.9. The summed E-state index contributed by atoms with van der Waals surface area (Å²) in [5.41, 5.74) is 1.35. The van der Waals surface area contributed by atoms with E-state index in [9.17, 15) is 13.2 Å². The number of hydrogen-bond acceptors (Lipinski definition) is 4. The van der Waals surface area contributed by atoms with Crippen molar-refractivity contribution in [2.24, 2.45) is 7.05 Å². The minimum Gasteiger partial charge on any atom is -0.346 e. The predicted octanol–water partition coefficient (Wildman–Crippen LogP) is 3.34. The Balaban J connectivity index is 1.61. The molecule has 3 aromatic rings. The Labute approximate surface area is 168 Å². The highest BCUT2D eigenvalue weighted by molar-refractivity contribution is 7.89. The summed E-state index contributed by atoms with van der Waals surface area (Å²) in [5.74, 6) is -0.174. The van der Waals surface area contributed by atoms with Gasteiger partial charge >= 0.3 is 0 Å². The van der Waals surface area contributed by atoms with Crippen LogP contribution in [0, 0.1) is 0 Å². The smallest absolute Gasteiger partial charge is 0.268 e. The molecule has 1 fully saturated rings. The van der Waals surface area contributed by atoms with Crippen LogP contribution in [0.2, 0.25) is 0 Å². The summed E-state index contributed by atoms with van der Waals surface area (Å²) in [6.45, 7) is 1.63. The largest absolute Gasteiger partial charge is 0.346 e. The van der Waals surface area contributed by atoms with Crippen molar-refractivity contribution in [1.82, 2.24) is 14.2 Å². The highest BCUT2D eigenvalue weighted by Crippen LogP contribution is 2.26.